The van der Waals surface area contributed by atoms with Gasteiger partial charge in [0.05, 0.1) is 12.7 Å². The number of rotatable bonds is 9. The summed E-state index contributed by atoms with van der Waals surface area (Å²) in [4.78, 5) is 64.0. The summed E-state index contributed by atoms with van der Waals surface area (Å²) in [7, 11) is 3.53. The molecule has 336 valence electrons. The second kappa shape index (κ2) is 17.8. The lowest BCUT2D eigenvalue weighted by Crippen LogP contribution is -2.23. The highest BCUT2D eigenvalue weighted by molar-refractivity contribution is 9.10. The van der Waals surface area contributed by atoms with Crippen molar-refractivity contribution in [3.8, 4) is 0 Å². The molecule has 8 aromatic rings. The van der Waals surface area contributed by atoms with Crippen molar-refractivity contribution in [3.05, 3.63) is 134 Å². The Morgan fingerprint density at radius 3 is 1.68 bits per heavy atom. The fourth-order valence-corrected chi connectivity index (χ4v) is 9.15. The van der Waals surface area contributed by atoms with Crippen LogP contribution in [0.2, 0.25) is 0 Å². The van der Waals surface area contributed by atoms with Crippen LogP contribution < -0.4 is 21.3 Å². The molecule has 12 rings (SSSR count). The SMILES string of the molecule is Cl.Cn1cnc2ncn(Cc3nc(C4[C@H]5CN(c6ccc(C=O)cc6)C[C@@H]45)no3)c(=O)c21.Cn1cnc2ncn(Cc3nc(C4[C@H]5CNC[C@@H]45)no3)c(=O)c21.FC(F)c1ccc(Br)cc1. The molecule has 2 aromatic carbocycles. The molecule has 0 bridgehead atoms. The first-order valence-corrected chi connectivity index (χ1v) is 21.3. The van der Waals surface area contributed by atoms with Crippen LogP contribution in [0.5, 0.6) is 0 Å². The van der Waals surface area contributed by atoms with E-state index >= 15 is 0 Å². The van der Waals surface area contributed by atoms with Crippen LogP contribution in [0.3, 0.4) is 0 Å². The molecule has 2 aliphatic heterocycles. The zero-order chi connectivity index (χ0) is 44.2. The Bertz CT molecular complexity index is 3090. The molecule has 2 aliphatic carbocycles. The number of hydrogen-bond donors (Lipinski definition) is 1. The van der Waals surface area contributed by atoms with E-state index in [1.54, 1.807) is 48.0 Å². The number of benzene rings is 2. The highest BCUT2D eigenvalue weighted by Crippen LogP contribution is 2.58. The maximum Gasteiger partial charge on any atom is 0.280 e. The predicted octanol–water partition coefficient (Wildman–Crippen LogP) is 4.53. The average Bonchev–Trinajstić information content (AvgIpc) is 3.86. The molecule has 2 unspecified atom stereocenters. The molecule has 65 heavy (non-hydrogen) atoms. The fourth-order valence-electron chi connectivity index (χ4n) is 8.89. The van der Waals surface area contributed by atoms with Crippen LogP contribution in [0.1, 0.15) is 57.6 Å². The summed E-state index contributed by atoms with van der Waals surface area (Å²) in [5.41, 5.74) is 3.29. The van der Waals surface area contributed by atoms with Gasteiger partial charge in [0.2, 0.25) is 11.8 Å². The van der Waals surface area contributed by atoms with Crippen LogP contribution >= 0.6 is 28.3 Å². The van der Waals surface area contributed by atoms with Gasteiger partial charge in [-0.2, -0.15) is 9.97 Å². The van der Waals surface area contributed by atoms with E-state index in [1.165, 1.54) is 33.9 Å². The summed E-state index contributed by atoms with van der Waals surface area (Å²) >= 11 is 3.15. The van der Waals surface area contributed by atoms with Gasteiger partial charge in [0.1, 0.15) is 32.0 Å². The smallest absolute Gasteiger partial charge is 0.280 e. The van der Waals surface area contributed by atoms with Gasteiger partial charge in [-0.05, 0) is 73.2 Å². The fraction of sp³-hybridized carbons (Fsp3) is 0.357. The lowest BCUT2D eigenvalue weighted by molar-refractivity contribution is 0.112. The monoisotopic (exact) mass is 972 g/mol. The summed E-state index contributed by atoms with van der Waals surface area (Å²) < 4.78 is 41.6. The molecule has 0 amide bonds. The van der Waals surface area contributed by atoms with E-state index < -0.39 is 6.43 Å². The Balaban J connectivity index is 0.000000137. The maximum absolute atomic E-state index is 12.7. The van der Waals surface area contributed by atoms with Crippen molar-refractivity contribution in [2.45, 2.75) is 31.4 Å². The van der Waals surface area contributed by atoms with E-state index in [0.717, 1.165) is 48.4 Å². The van der Waals surface area contributed by atoms with Crippen LogP contribution in [0.4, 0.5) is 14.5 Å². The largest absolute Gasteiger partial charge is 0.371 e. The van der Waals surface area contributed by atoms with Crippen molar-refractivity contribution in [2.24, 2.45) is 37.8 Å². The third-order valence-corrected chi connectivity index (χ3v) is 12.9. The van der Waals surface area contributed by atoms with Crippen LogP contribution in [-0.4, -0.2) is 91.0 Å². The number of hydrogen-bond acceptors (Lipinski definition) is 15. The number of aryl methyl sites for hydroxylation is 2. The van der Waals surface area contributed by atoms with Crippen LogP contribution in [-0.2, 0) is 27.2 Å². The van der Waals surface area contributed by atoms with Gasteiger partial charge in [0.15, 0.2) is 34.0 Å². The molecule has 0 spiro atoms. The number of carbonyl (C=O) groups excluding carboxylic acids is 1. The lowest BCUT2D eigenvalue weighted by Gasteiger charge is -2.21. The average molecular weight is 974 g/mol. The predicted molar refractivity (Wildman–Crippen MR) is 235 cm³/mol. The minimum absolute atomic E-state index is 0. The first-order valence-electron chi connectivity index (χ1n) is 20.5. The number of piperidine rings is 2. The summed E-state index contributed by atoms with van der Waals surface area (Å²) in [5, 5.41) is 11.6. The second-order valence-corrected chi connectivity index (χ2v) is 17.3. The van der Waals surface area contributed by atoms with E-state index in [1.807, 2.05) is 24.3 Å². The van der Waals surface area contributed by atoms with Gasteiger partial charge in [-0.1, -0.05) is 38.4 Å². The van der Waals surface area contributed by atoms with E-state index in [9.17, 15) is 23.2 Å². The van der Waals surface area contributed by atoms with Crippen molar-refractivity contribution < 1.29 is 22.6 Å². The minimum atomic E-state index is -2.37. The van der Waals surface area contributed by atoms with Gasteiger partial charge in [-0.3, -0.25) is 23.5 Å². The molecule has 6 aromatic heterocycles. The minimum Gasteiger partial charge on any atom is -0.371 e. The lowest BCUT2D eigenvalue weighted by atomic mass is 10.2. The molecule has 23 heteroatoms. The van der Waals surface area contributed by atoms with Gasteiger partial charge in [0, 0.05) is 60.3 Å². The summed E-state index contributed by atoms with van der Waals surface area (Å²) in [6.07, 6.45) is 4.56. The summed E-state index contributed by atoms with van der Waals surface area (Å²) in [5.74, 6) is 5.25. The standard InChI is InChI=1S/C21H19N7O3.C14H15N7O2.C7H5BrF2.ClH/c1-26-10-22-20-18(26)21(30)28(11-23-20)8-16-24-19(25-31-16)17-14-6-27(7-15(14)17)13-4-2-12(9-29)3-5-13;1-20-5-16-13-11(20)14(22)21(6-17-13)4-9-18-12(19-23-9)10-7-2-15-3-8(7)10;8-6-3-1-5(2-4-6)7(9)10;/h2-5,9-11,14-15,17H,6-8H2,1H3;5-8,10,15H,2-4H2,1H3;1-4,7H;1H/t14-,15+,17?;7-,8+,10?;;. The van der Waals surface area contributed by atoms with E-state index in [4.69, 9.17) is 9.05 Å². The highest BCUT2D eigenvalue weighted by Gasteiger charge is 2.58. The second-order valence-electron chi connectivity index (χ2n) is 16.3. The number of aromatic nitrogens is 12. The topological polar surface area (TPSA) is 216 Å². The molecule has 2 saturated heterocycles. The molecule has 4 fully saturated rings. The van der Waals surface area contributed by atoms with Gasteiger partial charge in [-0.15, -0.1) is 12.4 Å². The number of fused-ring (bicyclic) bond motifs is 4. The van der Waals surface area contributed by atoms with Gasteiger partial charge < -0.3 is 28.4 Å². The Morgan fingerprint density at radius 1 is 0.723 bits per heavy atom. The van der Waals surface area contributed by atoms with Gasteiger partial charge >= 0.3 is 0 Å². The summed E-state index contributed by atoms with van der Waals surface area (Å²) in [6, 6.07) is 13.7. The van der Waals surface area contributed by atoms with E-state index in [-0.39, 0.29) is 48.1 Å². The van der Waals surface area contributed by atoms with E-state index in [2.05, 4.69) is 66.4 Å². The molecular weight excluding hydrogens is 934 g/mol. The Hall–Kier alpha value is -6.52. The van der Waals surface area contributed by atoms with Crippen molar-refractivity contribution in [1.29, 1.82) is 0 Å². The van der Waals surface area contributed by atoms with Crippen LogP contribution in [0, 0.1) is 23.7 Å². The molecule has 0 radical (unpaired) electrons. The molecular formula is C42H40BrClF2N14O5. The van der Waals surface area contributed by atoms with Crippen molar-refractivity contribution in [1.82, 2.24) is 63.8 Å². The third-order valence-electron chi connectivity index (χ3n) is 12.4. The Morgan fingerprint density at radius 2 is 1.20 bits per heavy atom. The normalized spacial score (nSPS) is 21.3. The zero-order valence-electron chi connectivity index (χ0n) is 34.7. The van der Waals surface area contributed by atoms with Crippen LogP contribution in [0.25, 0.3) is 22.3 Å². The number of carbonyl (C=O) groups is 1. The molecule has 4 aliphatic rings. The van der Waals surface area contributed by atoms with Gasteiger partial charge in [0.25, 0.3) is 17.5 Å². The molecule has 6 atom stereocenters. The molecule has 1 N–H and O–H groups in total. The van der Waals surface area contributed by atoms with Crippen molar-refractivity contribution >= 4 is 62.6 Å². The van der Waals surface area contributed by atoms with Crippen LogP contribution in [0.15, 0.2) is 96.9 Å². The number of halogens is 4. The summed E-state index contributed by atoms with van der Waals surface area (Å²) in [6.45, 7) is 4.32. The Kier molecular flexibility index (Phi) is 12.0. The quantitative estimate of drug-likeness (QED) is 0.197. The number of aldehydes is 1. The molecule has 8 heterocycles. The third kappa shape index (κ3) is 8.59. The van der Waals surface area contributed by atoms with E-state index in [0.29, 0.717) is 75.1 Å². The van der Waals surface area contributed by atoms with Gasteiger partial charge in [-0.25, -0.2) is 28.7 Å². The number of nitrogens with zero attached hydrogens (tertiary/aromatic N) is 13. The first kappa shape index (κ1) is 43.7. The zero-order valence-corrected chi connectivity index (χ0v) is 37.1. The number of nitrogens with one attached hydrogen (secondary N) is 1. The highest BCUT2D eigenvalue weighted by atomic mass is 79.9. The first-order chi connectivity index (χ1) is 31.0. The molecule has 2 saturated carbocycles. The number of imidazole rings is 2. The molecule has 19 nitrogen and oxygen atoms in total. The Labute approximate surface area is 381 Å². The maximum atomic E-state index is 12.7. The number of anilines is 1. The van der Waals surface area contributed by atoms with Crippen molar-refractivity contribution in [3.63, 3.8) is 0 Å². The van der Waals surface area contributed by atoms with Crippen molar-refractivity contribution in [2.75, 3.05) is 31.1 Å². The number of alkyl halides is 2.